The van der Waals surface area contributed by atoms with Crippen LogP contribution in [0.25, 0.3) is 29.9 Å². The monoisotopic (exact) mass is 635 g/mol. The van der Waals surface area contributed by atoms with Gasteiger partial charge in [0.1, 0.15) is 0 Å². The first-order chi connectivity index (χ1) is 20.5. The van der Waals surface area contributed by atoms with Crippen LogP contribution in [0.2, 0.25) is 0 Å². The molecule has 44 heavy (non-hydrogen) atoms. The summed E-state index contributed by atoms with van der Waals surface area (Å²) in [5.41, 5.74) is 7.94. The molecule has 10 heteroatoms. The predicted molar refractivity (Wildman–Crippen MR) is 155 cm³/mol. The van der Waals surface area contributed by atoms with E-state index < -0.39 is 23.6 Å². The van der Waals surface area contributed by atoms with Gasteiger partial charge in [-0.25, -0.2) is 0 Å². The second kappa shape index (κ2) is 11.2. The average molecular weight is 636 g/mol. The fourth-order valence-electron chi connectivity index (χ4n) is 6.42. The number of rotatable bonds is 6. The molecule has 0 spiro atoms. The summed E-state index contributed by atoms with van der Waals surface area (Å²) < 4.78 is 0. The van der Waals surface area contributed by atoms with E-state index in [0.29, 0.717) is 50.5 Å². The molecule has 0 N–H and O–H groups in total. The Morgan fingerprint density at radius 3 is 2.09 bits per heavy atom. The van der Waals surface area contributed by atoms with Crippen molar-refractivity contribution in [1.82, 2.24) is 19.9 Å². The summed E-state index contributed by atoms with van der Waals surface area (Å²) in [6, 6.07) is 0. The number of Topliss-reactive ketones (excluding diaryl/α,β-unsaturated/α-hetero) is 1. The zero-order valence-electron chi connectivity index (χ0n) is 24.8. The maximum atomic E-state index is 13.7. The van der Waals surface area contributed by atoms with E-state index in [1.807, 2.05) is 32.9 Å². The Morgan fingerprint density at radius 1 is 0.841 bits per heavy atom. The van der Waals surface area contributed by atoms with E-state index in [4.69, 9.17) is 19.9 Å². The molecule has 9 nitrogen and oxygen atoms in total. The first-order valence-electron chi connectivity index (χ1n) is 14.1. The summed E-state index contributed by atoms with van der Waals surface area (Å²) >= 11 is 0. The average Bonchev–Trinajstić information content (AvgIpc) is 3.68. The molecule has 5 heterocycles. The predicted octanol–water partition coefficient (Wildman–Crippen LogP) is -1.80. The standard InChI is InChI=1S/C34H33N4O5.Cu/c1-7-18-14(3)21-11-23-16(5)20(9-10-27(39)40)31(37-23)29-30(34(42)43)33(41)28-17(6)24(38-32(28)29)13-26-19(8-2)15(4)22(36-26)12-25(18)35-21;/h7,11-13,30H,1,8-10H2,2-6H3,(H5-,35,36,37,38,39,40,41,42,43);/q-1;/p-5/b21-11-,22-12?,23-11?,24-13-,25-12-,26-13?,31-29?;. The van der Waals surface area contributed by atoms with E-state index >= 15 is 0 Å². The number of carbonyl (C=O) groups excluding carboxylic acids is 3. The van der Waals surface area contributed by atoms with Gasteiger partial charge in [0.25, 0.3) is 0 Å². The van der Waals surface area contributed by atoms with Gasteiger partial charge in [-0.3, -0.25) is 4.79 Å². The molecule has 231 valence electrons. The SMILES string of the molecule is C=Cc1c(C)/c2[n-]/c1=C\c1[n-]c(c(CC)c1C)/C=c1\[n-]c3c(c1C)C(=O)C(C(=O)[O-])C=3c1[n-]c(c(C)c1CCC(=O)[O-])\C=2.[Cu]. The van der Waals surface area contributed by atoms with Crippen LogP contribution in [0.15, 0.2) is 6.58 Å². The first kappa shape index (κ1) is 30.9. The van der Waals surface area contributed by atoms with Gasteiger partial charge < -0.3 is 39.7 Å². The number of carboxylic acid groups (broad SMARTS) is 2. The summed E-state index contributed by atoms with van der Waals surface area (Å²) in [7, 11) is 0. The van der Waals surface area contributed by atoms with Gasteiger partial charge in [-0.05, 0) is 52.5 Å². The molecule has 1 aliphatic carbocycles. The van der Waals surface area contributed by atoms with Gasteiger partial charge in [0, 0.05) is 28.6 Å². The zero-order chi connectivity index (χ0) is 30.9. The van der Waals surface area contributed by atoms with E-state index in [0.717, 1.165) is 27.9 Å². The molecule has 4 aromatic heterocycles. The number of hydrogen-bond acceptors (Lipinski definition) is 5. The molecule has 0 saturated heterocycles. The fraction of sp³-hybridized carbons (Fsp3) is 0.265. The minimum absolute atomic E-state index is 0. The smallest absolute Gasteiger partial charge is 0.174 e. The number of carbonyl (C=O) groups is 3. The van der Waals surface area contributed by atoms with Crippen LogP contribution in [0.5, 0.6) is 0 Å². The Balaban J connectivity index is 0.00000384. The Kier molecular flexibility index (Phi) is 7.86. The number of fused-ring (bicyclic) bond motifs is 8. The molecule has 4 aromatic rings. The Bertz CT molecular complexity index is 2170. The molecule has 1 unspecified atom stereocenters. The van der Waals surface area contributed by atoms with Crippen LogP contribution in [-0.2, 0) is 39.5 Å². The van der Waals surface area contributed by atoms with Crippen LogP contribution in [0, 0.1) is 33.6 Å². The molecule has 0 amide bonds. The van der Waals surface area contributed by atoms with Crippen LogP contribution in [-0.4, -0.2) is 17.7 Å². The number of hydrogen-bond donors (Lipinski definition) is 0. The molecular formula is C34H28CuN4O5-6. The quantitative estimate of drug-likeness (QED) is 0.176. The third kappa shape index (κ3) is 4.57. The first-order valence-corrected chi connectivity index (χ1v) is 14.1. The van der Waals surface area contributed by atoms with Crippen molar-refractivity contribution in [1.29, 1.82) is 0 Å². The zero-order valence-corrected chi connectivity index (χ0v) is 25.8. The van der Waals surface area contributed by atoms with Crippen molar-refractivity contribution in [3.63, 3.8) is 0 Å². The van der Waals surface area contributed by atoms with Crippen molar-refractivity contribution < 1.29 is 41.7 Å². The van der Waals surface area contributed by atoms with Crippen molar-refractivity contribution in [3.05, 3.63) is 95.3 Å². The largest absolute Gasteiger partial charge is 0.657 e. The molecule has 1 aliphatic heterocycles. The maximum absolute atomic E-state index is 13.7. The molecule has 1 radical (unpaired) electrons. The molecule has 1 atom stereocenters. The van der Waals surface area contributed by atoms with Gasteiger partial charge >= 0.3 is 0 Å². The molecule has 2 aliphatic rings. The number of aromatic nitrogens is 4. The van der Waals surface area contributed by atoms with Crippen LogP contribution >= 0.6 is 0 Å². The van der Waals surface area contributed by atoms with Crippen molar-refractivity contribution in [2.75, 3.05) is 0 Å². The van der Waals surface area contributed by atoms with Crippen molar-refractivity contribution in [3.8, 4) is 0 Å². The van der Waals surface area contributed by atoms with Crippen LogP contribution in [0.4, 0.5) is 0 Å². The van der Waals surface area contributed by atoms with Crippen LogP contribution in [0.3, 0.4) is 0 Å². The fourth-order valence-corrected chi connectivity index (χ4v) is 6.42. The molecule has 0 saturated carbocycles. The normalized spacial score (nSPS) is 17.2. The molecule has 0 fully saturated rings. The molecule has 8 bridgehead atoms. The number of ketones is 1. The summed E-state index contributed by atoms with van der Waals surface area (Å²) in [4.78, 5) is 57.1. The minimum Gasteiger partial charge on any atom is -0.657 e. The second-order valence-electron chi connectivity index (χ2n) is 11.1. The Hall–Kier alpha value is -4.53. The van der Waals surface area contributed by atoms with Crippen molar-refractivity contribution >= 4 is 47.6 Å². The van der Waals surface area contributed by atoms with E-state index in [2.05, 4.69) is 6.58 Å². The van der Waals surface area contributed by atoms with Crippen LogP contribution in [0.1, 0.15) is 85.4 Å². The summed E-state index contributed by atoms with van der Waals surface area (Å²) in [6.07, 6.45) is 7.72. The number of aliphatic carboxylic acids is 2. The third-order valence-corrected chi connectivity index (χ3v) is 8.78. The van der Waals surface area contributed by atoms with E-state index in [9.17, 15) is 24.6 Å². The maximum Gasteiger partial charge on any atom is 0.174 e. The Morgan fingerprint density at radius 2 is 1.45 bits per heavy atom. The molecule has 6 rings (SSSR count). The molecule has 0 aromatic carbocycles. The van der Waals surface area contributed by atoms with Gasteiger partial charge in [-0.2, -0.15) is 0 Å². The summed E-state index contributed by atoms with van der Waals surface area (Å²) in [6.45, 7) is 13.5. The van der Waals surface area contributed by atoms with Gasteiger partial charge in [-0.15, -0.1) is 44.2 Å². The molecular weight excluding hydrogens is 608 g/mol. The van der Waals surface area contributed by atoms with Gasteiger partial charge in [0.2, 0.25) is 0 Å². The van der Waals surface area contributed by atoms with Crippen molar-refractivity contribution in [2.24, 2.45) is 5.92 Å². The summed E-state index contributed by atoms with van der Waals surface area (Å²) in [5.74, 6) is -5.08. The Labute approximate surface area is 263 Å². The topological polar surface area (TPSA) is 154 Å². The van der Waals surface area contributed by atoms with Gasteiger partial charge in [0.15, 0.2) is 5.78 Å². The van der Waals surface area contributed by atoms with E-state index in [1.54, 1.807) is 26.0 Å². The summed E-state index contributed by atoms with van der Waals surface area (Å²) in [5, 5.41) is 26.0. The van der Waals surface area contributed by atoms with Crippen LogP contribution < -0.4 is 51.5 Å². The van der Waals surface area contributed by atoms with E-state index in [-0.39, 0.29) is 52.1 Å². The van der Waals surface area contributed by atoms with Gasteiger partial charge in [-0.1, -0.05) is 76.8 Å². The minimum atomic E-state index is -1.63. The number of nitrogens with zero attached hydrogens (tertiary/aromatic N) is 4. The third-order valence-electron chi connectivity index (χ3n) is 8.78. The van der Waals surface area contributed by atoms with Gasteiger partial charge in [0.05, 0.1) is 11.9 Å². The van der Waals surface area contributed by atoms with Crippen molar-refractivity contribution in [2.45, 2.75) is 53.9 Å². The second-order valence-corrected chi connectivity index (χ2v) is 11.1. The van der Waals surface area contributed by atoms with E-state index in [1.165, 1.54) is 0 Å². The number of carboxylic acids is 2.